The number of aromatic nitrogens is 2. The molecule has 0 aliphatic heterocycles. The zero-order valence-electron chi connectivity index (χ0n) is 8.75. The Morgan fingerprint density at radius 2 is 1.94 bits per heavy atom. The molecule has 0 spiro atoms. The van der Waals surface area contributed by atoms with Gasteiger partial charge in [0.15, 0.2) is 0 Å². The molecule has 0 aliphatic carbocycles. The van der Waals surface area contributed by atoms with Crippen LogP contribution in [-0.4, -0.2) is 17.1 Å². The molecule has 0 aliphatic rings. The largest absolute Gasteiger partial charge is 0.481 e. The minimum Gasteiger partial charge on any atom is -0.481 e. The first-order valence-corrected chi connectivity index (χ1v) is 5.51. The third-order valence-corrected chi connectivity index (χ3v) is 2.80. The summed E-state index contributed by atoms with van der Waals surface area (Å²) in [5, 5.41) is 0.774. The van der Waals surface area contributed by atoms with Crippen molar-refractivity contribution >= 4 is 17.7 Å². The number of methoxy groups -OCH3 is 1. The highest BCUT2D eigenvalue weighted by Gasteiger charge is 2.03. The highest BCUT2D eigenvalue weighted by molar-refractivity contribution is 7.99. The lowest BCUT2D eigenvalue weighted by molar-refractivity contribution is 0.396. The number of benzene rings is 1. The Balaban J connectivity index is 2.24. The Labute approximate surface area is 97.9 Å². The van der Waals surface area contributed by atoms with Crippen LogP contribution in [0.15, 0.2) is 46.3 Å². The summed E-state index contributed by atoms with van der Waals surface area (Å²) in [5.74, 6) is 0.698. The molecule has 1 aromatic heterocycles. The van der Waals surface area contributed by atoms with Crippen molar-refractivity contribution in [3.05, 3.63) is 36.4 Å². The van der Waals surface area contributed by atoms with E-state index in [4.69, 9.17) is 10.5 Å². The molecule has 0 saturated carbocycles. The van der Waals surface area contributed by atoms with E-state index in [2.05, 4.69) is 9.97 Å². The lowest BCUT2D eigenvalue weighted by Gasteiger charge is -2.04. The molecule has 4 nitrogen and oxygen atoms in total. The number of nitrogen functional groups attached to an aromatic ring is 1. The first kappa shape index (κ1) is 10.8. The molecule has 2 N–H and O–H groups in total. The molecule has 1 heterocycles. The van der Waals surface area contributed by atoms with E-state index in [0.29, 0.717) is 5.88 Å². The van der Waals surface area contributed by atoms with Gasteiger partial charge in [-0.15, -0.1) is 0 Å². The van der Waals surface area contributed by atoms with Crippen molar-refractivity contribution in [2.24, 2.45) is 0 Å². The molecule has 0 atom stereocenters. The fourth-order valence-electron chi connectivity index (χ4n) is 1.19. The highest BCUT2D eigenvalue weighted by Crippen LogP contribution is 2.27. The summed E-state index contributed by atoms with van der Waals surface area (Å²) in [6.45, 7) is 0. The number of rotatable bonds is 3. The van der Waals surface area contributed by atoms with E-state index in [1.165, 1.54) is 11.8 Å². The normalized spacial score (nSPS) is 10.1. The minimum absolute atomic E-state index is 0.220. The number of anilines is 1. The Morgan fingerprint density at radius 1 is 1.19 bits per heavy atom. The Kier molecular flexibility index (Phi) is 3.26. The van der Waals surface area contributed by atoms with Crippen LogP contribution in [0.1, 0.15) is 0 Å². The maximum Gasteiger partial charge on any atom is 0.224 e. The molecular formula is C11H11N3OS. The topological polar surface area (TPSA) is 61.0 Å². The standard InChI is InChI=1S/C11H11N3OS/c1-15-9-7-10(14-11(12)13-9)16-8-5-3-2-4-6-8/h2-7H,1H3,(H2,12,13,14). The van der Waals surface area contributed by atoms with Crippen LogP contribution in [0, 0.1) is 0 Å². The molecule has 16 heavy (non-hydrogen) atoms. The van der Waals surface area contributed by atoms with Crippen LogP contribution in [0.2, 0.25) is 0 Å². The molecular weight excluding hydrogens is 222 g/mol. The van der Waals surface area contributed by atoms with Gasteiger partial charge in [-0.3, -0.25) is 0 Å². The molecule has 0 saturated heterocycles. The average molecular weight is 233 g/mol. The predicted octanol–water partition coefficient (Wildman–Crippen LogP) is 2.22. The summed E-state index contributed by atoms with van der Waals surface area (Å²) in [7, 11) is 1.55. The van der Waals surface area contributed by atoms with Crippen molar-refractivity contribution in [3.8, 4) is 5.88 Å². The van der Waals surface area contributed by atoms with E-state index >= 15 is 0 Å². The van der Waals surface area contributed by atoms with E-state index in [1.54, 1.807) is 13.2 Å². The zero-order chi connectivity index (χ0) is 11.4. The van der Waals surface area contributed by atoms with Gasteiger partial charge in [-0.1, -0.05) is 30.0 Å². The van der Waals surface area contributed by atoms with Crippen LogP contribution < -0.4 is 10.5 Å². The number of hydrogen-bond acceptors (Lipinski definition) is 5. The molecule has 2 aromatic rings. The van der Waals surface area contributed by atoms with Gasteiger partial charge in [0, 0.05) is 11.0 Å². The van der Waals surface area contributed by atoms with E-state index in [9.17, 15) is 0 Å². The summed E-state index contributed by atoms with van der Waals surface area (Å²) >= 11 is 1.52. The monoisotopic (exact) mass is 233 g/mol. The van der Waals surface area contributed by atoms with Gasteiger partial charge >= 0.3 is 0 Å². The lowest BCUT2D eigenvalue weighted by Crippen LogP contribution is -1.98. The summed E-state index contributed by atoms with van der Waals surface area (Å²) < 4.78 is 5.03. The summed E-state index contributed by atoms with van der Waals surface area (Å²) in [6.07, 6.45) is 0. The second-order valence-corrected chi connectivity index (χ2v) is 4.12. The second-order valence-electron chi connectivity index (χ2n) is 3.02. The van der Waals surface area contributed by atoms with Crippen molar-refractivity contribution in [2.45, 2.75) is 9.92 Å². The van der Waals surface area contributed by atoms with Gasteiger partial charge < -0.3 is 10.5 Å². The average Bonchev–Trinajstić information content (AvgIpc) is 2.29. The molecule has 82 valence electrons. The van der Waals surface area contributed by atoms with Crippen LogP contribution >= 0.6 is 11.8 Å². The maximum atomic E-state index is 5.57. The van der Waals surface area contributed by atoms with Gasteiger partial charge in [0.2, 0.25) is 11.8 Å². The number of nitrogens with two attached hydrogens (primary N) is 1. The van der Waals surface area contributed by atoms with Crippen molar-refractivity contribution in [2.75, 3.05) is 12.8 Å². The summed E-state index contributed by atoms with van der Waals surface area (Å²) in [6, 6.07) is 11.7. The predicted molar refractivity (Wildman–Crippen MR) is 63.6 cm³/mol. The second kappa shape index (κ2) is 4.85. The molecule has 0 bridgehead atoms. The molecule has 2 rings (SSSR count). The van der Waals surface area contributed by atoms with Gasteiger partial charge in [0.25, 0.3) is 0 Å². The number of nitrogens with zero attached hydrogens (tertiary/aromatic N) is 2. The smallest absolute Gasteiger partial charge is 0.224 e. The molecule has 0 fully saturated rings. The van der Waals surface area contributed by atoms with Gasteiger partial charge in [-0.25, -0.2) is 4.98 Å². The van der Waals surface area contributed by atoms with Crippen molar-refractivity contribution in [1.29, 1.82) is 0 Å². The third kappa shape index (κ3) is 2.64. The van der Waals surface area contributed by atoms with Crippen molar-refractivity contribution in [1.82, 2.24) is 9.97 Å². The molecule has 1 aromatic carbocycles. The van der Waals surface area contributed by atoms with E-state index in [-0.39, 0.29) is 5.95 Å². The van der Waals surface area contributed by atoms with Crippen LogP contribution in [-0.2, 0) is 0 Å². The van der Waals surface area contributed by atoms with E-state index in [1.807, 2.05) is 30.3 Å². The molecule has 0 unspecified atom stereocenters. The van der Waals surface area contributed by atoms with Crippen molar-refractivity contribution in [3.63, 3.8) is 0 Å². The Morgan fingerprint density at radius 3 is 2.62 bits per heavy atom. The first-order chi connectivity index (χ1) is 7.78. The van der Waals surface area contributed by atoms with E-state index in [0.717, 1.165) is 9.92 Å². The fourth-order valence-corrected chi connectivity index (χ4v) is 2.02. The minimum atomic E-state index is 0.220. The van der Waals surface area contributed by atoms with Crippen LogP contribution in [0.5, 0.6) is 5.88 Å². The third-order valence-electron chi connectivity index (χ3n) is 1.87. The molecule has 0 amide bonds. The number of hydrogen-bond donors (Lipinski definition) is 1. The summed E-state index contributed by atoms with van der Waals surface area (Å²) in [4.78, 5) is 9.15. The van der Waals surface area contributed by atoms with Crippen LogP contribution in [0.3, 0.4) is 0 Å². The van der Waals surface area contributed by atoms with Gasteiger partial charge in [-0.05, 0) is 12.1 Å². The highest BCUT2D eigenvalue weighted by atomic mass is 32.2. The SMILES string of the molecule is COc1cc(Sc2ccccc2)nc(N)n1. The van der Waals surface area contributed by atoms with Crippen LogP contribution in [0.25, 0.3) is 0 Å². The lowest BCUT2D eigenvalue weighted by atomic mass is 10.4. The number of ether oxygens (including phenoxy) is 1. The Bertz CT molecular complexity index is 476. The maximum absolute atomic E-state index is 5.57. The molecule has 5 heteroatoms. The fraction of sp³-hybridized carbons (Fsp3) is 0.0909. The zero-order valence-corrected chi connectivity index (χ0v) is 9.57. The van der Waals surface area contributed by atoms with Gasteiger partial charge in [-0.2, -0.15) is 4.98 Å². The van der Waals surface area contributed by atoms with Crippen LogP contribution in [0.4, 0.5) is 5.95 Å². The molecule has 0 radical (unpaired) electrons. The summed E-state index contributed by atoms with van der Waals surface area (Å²) in [5.41, 5.74) is 5.57. The van der Waals surface area contributed by atoms with Gasteiger partial charge in [0.05, 0.1) is 7.11 Å². The first-order valence-electron chi connectivity index (χ1n) is 4.69. The van der Waals surface area contributed by atoms with Crippen molar-refractivity contribution < 1.29 is 4.74 Å². The quantitative estimate of drug-likeness (QED) is 0.824. The Hall–Kier alpha value is -1.75. The van der Waals surface area contributed by atoms with E-state index < -0.39 is 0 Å². The van der Waals surface area contributed by atoms with Gasteiger partial charge in [0.1, 0.15) is 5.03 Å².